The van der Waals surface area contributed by atoms with Crippen LogP contribution in [0.2, 0.25) is 0 Å². The Balaban J connectivity index is 1.29. The van der Waals surface area contributed by atoms with Gasteiger partial charge in [0, 0.05) is 13.1 Å². The van der Waals surface area contributed by atoms with Crippen molar-refractivity contribution < 1.29 is 14.3 Å². The van der Waals surface area contributed by atoms with Gasteiger partial charge in [-0.25, -0.2) is 0 Å². The van der Waals surface area contributed by atoms with Crippen LogP contribution < -0.4 is 0 Å². The van der Waals surface area contributed by atoms with Crippen LogP contribution in [-0.4, -0.2) is 42.7 Å². The zero-order chi connectivity index (χ0) is 20.6. The highest BCUT2D eigenvalue weighted by Gasteiger charge is 2.26. The average molecular weight is 408 g/mol. The summed E-state index contributed by atoms with van der Waals surface area (Å²) in [5.41, 5.74) is 2.37. The normalized spacial score (nSPS) is 19.1. The molecule has 0 aromatic heterocycles. The predicted octanol–water partition coefficient (Wildman–Crippen LogP) is 5.13. The first kappa shape index (κ1) is 21.1. The minimum atomic E-state index is -0.0623. The van der Waals surface area contributed by atoms with Crippen LogP contribution in [0, 0.1) is 0 Å². The second-order valence-corrected chi connectivity index (χ2v) is 8.56. The third-order valence-corrected chi connectivity index (χ3v) is 6.27. The molecule has 0 radical (unpaired) electrons. The molecule has 4 nitrogen and oxygen atoms in total. The van der Waals surface area contributed by atoms with E-state index >= 15 is 0 Å². The first-order valence-corrected chi connectivity index (χ1v) is 11.4. The standard InChI is InChI=1S/C26H33NO3/c28-25(29-23-14-8-3-9-15-23)20-27-18-16-24(17-19-27)30-26(21-10-4-1-5-11-21)22-12-6-2-7-13-22/h1-2,4-7,10-13,23-24,26H,3,8-9,14-20H2. The van der Waals surface area contributed by atoms with Gasteiger partial charge in [0.15, 0.2) is 0 Å². The Bertz CT molecular complexity index is 726. The van der Waals surface area contributed by atoms with E-state index in [2.05, 4.69) is 53.4 Å². The van der Waals surface area contributed by atoms with E-state index in [-0.39, 0.29) is 24.3 Å². The van der Waals surface area contributed by atoms with Crippen molar-refractivity contribution in [1.29, 1.82) is 0 Å². The molecule has 0 unspecified atom stereocenters. The lowest BCUT2D eigenvalue weighted by Gasteiger charge is -2.34. The van der Waals surface area contributed by atoms with E-state index in [1.165, 1.54) is 30.4 Å². The van der Waals surface area contributed by atoms with Crippen LogP contribution in [0.4, 0.5) is 0 Å². The van der Waals surface area contributed by atoms with Crippen LogP contribution in [0.1, 0.15) is 62.2 Å². The Kier molecular flexibility index (Phi) is 7.54. The molecule has 2 aliphatic rings. The molecule has 2 fully saturated rings. The minimum absolute atomic E-state index is 0.0554. The number of hydrogen-bond donors (Lipinski definition) is 0. The Morgan fingerprint density at radius 1 is 0.800 bits per heavy atom. The van der Waals surface area contributed by atoms with Gasteiger partial charge in [0.25, 0.3) is 0 Å². The van der Waals surface area contributed by atoms with Gasteiger partial charge < -0.3 is 9.47 Å². The maximum Gasteiger partial charge on any atom is 0.320 e. The molecule has 160 valence electrons. The van der Waals surface area contributed by atoms with Gasteiger partial charge >= 0.3 is 5.97 Å². The lowest BCUT2D eigenvalue weighted by atomic mass is 9.98. The molecule has 1 saturated heterocycles. The van der Waals surface area contributed by atoms with E-state index < -0.39 is 0 Å². The van der Waals surface area contributed by atoms with Gasteiger partial charge in [0.2, 0.25) is 0 Å². The van der Waals surface area contributed by atoms with E-state index in [0.717, 1.165) is 38.8 Å². The summed E-state index contributed by atoms with van der Waals surface area (Å²) in [5.74, 6) is -0.0623. The van der Waals surface area contributed by atoms with Crippen molar-refractivity contribution in [1.82, 2.24) is 4.90 Å². The SMILES string of the molecule is O=C(CN1CCC(OC(c2ccccc2)c2ccccc2)CC1)OC1CCCCC1. The maximum atomic E-state index is 12.3. The number of carbonyl (C=O) groups excluding carboxylic acids is 1. The predicted molar refractivity (Wildman–Crippen MR) is 118 cm³/mol. The second kappa shape index (κ2) is 10.7. The number of nitrogens with zero attached hydrogens (tertiary/aromatic N) is 1. The molecule has 0 bridgehead atoms. The van der Waals surface area contributed by atoms with Crippen molar-refractivity contribution in [2.24, 2.45) is 0 Å². The Morgan fingerprint density at radius 2 is 1.37 bits per heavy atom. The minimum Gasteiger partial charge on any atom is -0.461 e. The number of rotatable bonds is 7. The number of likely N-dealkylation sites (tertiary alicyclic amines) is 1. The molecular weight excluding hydrogens is 374 g/mol. The topological polar surface area (TPSA) is 38.8 Å². The molecular formula is C26H33NO3. The monoisotopic (exact) mass is 407 g/mol. The highest BCUT2D eigenvalue weighted by Crippen LogP contribution is 2.30. The molecule has 4 heteroatoms. The molecule has 2 aromatic rings. The summed E-state index contributed by atoms with van der Waals surface area (Å²) in [6.45, 7) is 2.16. The summed E-state index contributed by atoms with van der Waals surface area (Å²) in [6.07, 6.45) is 7.86. The van der Waals surface area contributed by atoms with Gasteiger partial charge in [0.1, 0.15) is 12.2 Å². The van der Waals surface area contributed by atoms with Crippen molar-refractivity contribution in [2.75, 3.05) is 19.6 Å². The smallest absolute Gasteiger partial charge is 0.320 e. The van der Waals surface area contributed by atoms with E-state index in [9.17, 15) is 4.79 Å². The van der Waals surface area contributed by atoms with Crippen LogP contribution in [0.3, 0.4) is 0 Å². The molecule has 0 atom stereocenters. The highest BCUT2D eigenvalue weighted by molar-refractivity contribution is 5.71. The number of benzene rings is 2. The highest BCUT2D eigenvalue weighted by atomic mass is 16.5. The fraction of sp³-hybridized carbons (Fsp3) is 0.500. The zero-order valence-electron chi connectivity index (χ0n) is 17.7. The number of piperidine rings is 1. The number of hydrogen-bond acceptors (Lipinski definition) is 4. The van der Waals surface area contributed by atoms with E-state index in [1.54, 1.807) is 0 Å². The van der Waals surface area contributed by atoms with Crippen LogP contribution in [0.25, 0.3) is 0 Å². The third kappa shape index (κ3) is 5.93. The first-order valence-electron chi connectivity index (χ1n) is 11.4. The second-order valence-electron chi connectivity index (χ2n) is 8.56. The van der Waals surface area contributed by atoms with Gasteiger partial charge in [-0.3, -0.25) is 9.69 Å². The van der Waals surface area contributed by atoms with Crippen molar-refractivity contribution in [3.63, 3.8) is 0 Å². The van der Waals surface area contributed by atoms with E-state index in [1.807, 2.05) is 12.1 Å². The van der Waals surface area contributed by atoms with Crippen LogP contribution in [0.5, 0.6) is 0 Å². The largest absolute Gasteiger partial charge is 0.461 e. The average Bonchev–Trinajstić information content (AvgIpc) is 2.80. The Labute approximate surface area is 180 Å². The summed E-state index contributed by atoms with van der Waals surface area (Å²) < 4.78 is 12.3. The van der Waals surface area contributed by atoms with Crippen LogP contribution in [-0.2, 0) is 14.3 Å². The maximum absolute atomic E-state index is 12.3. The quantitative estimate of drug-likeness (QED) is 0.596. The van der Waals surface area contributed by atoms with Gasteiger partial charge in [-0.1, -0.05) is 67.1 Å². The molecule has 1 aliphatic heterocycles. The Hall–Kier alpha value is -2.17. The molecule has 0 amide bonds. The van der Waals surface area contributed by atoms with Gasteiger partial charge in [0.05, 0.1) is 12.6 Å². The zero-order valence-corrected chi connectivity index (χ0v) is 17.7. The van der Waals surface area contributed by atoms with Gasteiger partial charge in [-0.15, -0.1) is 0 Å². The number of carbonyl (C=O) groups is 1. The molecule has 1 heterocycles. The summed E-state index contributed by atoms with van der Waals surface area (Å²) in [6, 6.07) is 20.9. The van der Waals surface area contributed by atoms with Crippen molar-refractivity contribution in [3.8, 4) is 0 Å². The van der Waals surface area contributed by atoms with Gasteiger partial charge in [-0.05, 0) is 49.7 Å². The van der Waals surface area contributed by atoms with Crippen LogP contribution >= 0.6 is 0 Å². The summed E-state index contributed by atoms with van der Waals surface area (Å²) in [5, 5.41) is 0. The van der Waals surface area contributed by atoms with Gasteiger partial charge in [-0.2, -0.15) is 0 Å². The summed E-state index contributed by atoms with van der Waals surface area (Å²) in [4.78, 5) is 14.5. The third-order valence-electron chi connectivity index (χ3n) is 6.27. The van der Waals surface area contributed by atoms with Crippen molar-refractivity contribution in [3.05, 3.63) is 71.8 Å². The fourth-order valence-corrected chi connectivity index (χ4v) is 4.59. The molecule has 0 N–H and O–H groups in total. The lowest BCUT2D eigenvalue weighted by molar-refractivity contribution is -0.152. The number of ether oxygens (including phenoxy) is 2. The summed E-state index contributed by atoms with van der Waals surface area (Å²) >= 11 is 0. The van der Waals surface area contributed by atoms with Crippen molar-refractivity contribution >= 4 is 5.97 Å². The fourth-order valence-electron chi connectivity index (χ4n) is 4.59. The Morgan fingerprint density at radius 3 is 1.93 bits per heavy atom. The summed E-state index contributed by atoms with van der Waals surface area (Å²) in [7, 11) is 0. The number of esters is 1. The molecule has 0 spiro atoms. The van der Waals surface area contributed by atoms with Crippen molar-refractivity contribution in [2.45, 2.75) is 63.3 Å². The molecule has 1 aliphatic carbocycles. The van der Waals surface area contributed by atoms with E-state index in [0.29, 0.717) is 6.54 Å². The lowest BCUT2D eigenvalue weighted by Crippen LogP contribution is -2.41. The van der Waals surface area contributed by atoms with E-state index in [4.69, 9.17) is 9.47 Å². The molecule has 1 saturated carbocycles. The molecule has 2 aromatic carbocycles. The van der Waals surface area contributed by atoms with Crippen LogP contribution in [0.15, 0.2) is 60.7 Å². The molecule has 30 heavy (non-hydrogen) atoms. The molecule has 4 rings (SSSR count). The first-order chi connectivity index (χ1) is 14.8.